The molecule has 0 radical (unpaired) electrons. The minimum Gasteiger partial charge on any atom is -0.395 e. The van der Waals surface area contributed by atoms with Gasteiger partial charge in [0.2, 0.25) is 11.8 Å². The van der Waals surface area contributed by atoms with E-state index in [4.69, 9.17) is 5.11 Å². The van der Waals surface area contributed by atoms with Crippen molar-refractivity contribution in [1.82, 2.24) is 4.90 Å². The lowest BCUT2D eigenvalue weighted by molar-refractivity contribution is -0.137. The molecule has 1 aromatic rings. The number of aliphatic hydroxyl groups excluding tert-OH is 1. The predicted molar refractivity (Wildman–Crippen MR) is 105 cm³/mol. The molecule has 152 valence electrons. The molecule has 4 rings (SSSR count). The summed E-state index contributed by atoms with van der Waals surface area (Å²) in [4.78, 5) is 53.2. The fourth-order valence-corrected chi connectivity index (χ4v) is 3.90. The van der Waals surface area contributed by atoms with Gasteiger partial charge in [0.25, 0.3) is 11.8 Å². The highest BCUT2D eigenvalue weighted by Crippen LogP contribution is 2.36. The first-order valence-corrected chi connectivity index (χ1v) is 9.70. The van der Waals surface area contributed by atoms with E-state index in [0.29, 0.717) is 43.0 Å². The van der Waals surface area contributed by atoms with E-state index in [1.54, 1.807) is 28.0 Å². The molecule has 0 spiro atoms. The molecule has 9 nitrogen and oxygen atoms in total. The molecule has 0 unspecified atom stereocenters. The molecule has 0 aromatic heterocycles. The average Bonchev–Trinajstić information content (AvgIpc) is 3.39. The average molecular weight is 398 g/mol. The Morgan fingerprint density at radius 1 is 0.966 bits per heavy atom. The molecule has 3 aliphatic heterocycles. The van der Waals surface area contributed by atoms with Gasteiger partial charge >= 0.3 is 0 Å². The summed E-state index contributed by atoms with van der Waals surface area (Å²) >= 11 is 0. The number of aliphatic hydroxyl groups is 1. The number of imide groups is 1. The summed E-state index contributed by atoms with van der Waals surface area (Å²) in [6.07, 6.45) is 3.65. The molecule has 0 saturated carbocycles. The van der Waals surface area contributed by atoms with E-state index >= 15 is 0 Å². The molecule has 4 amide bonds. The van der Waals surface area contributed by atoms with Crippen LogP contribution in [-0.4, -0.2) is 59.9 Å². The fraction of sp³-hybridized carbons (Fsp3) is 0.400. The Morgan fingerprint density at radius 2 is 1.66 bits per heavy atom. The van der Waals surface area contributed by atoms with Crippen LogP contribution < -0.4 is 15.1 Å². The van der Waals surface area contributed by atoms with E-state index in [1.165, 1.54) is 6.08 Å². The van der Waals surface area contributed by atoms with Gasteiger partial charge in [-0.1, -0.05) is 0 Å². The van der Waals surface area contributed by atoms with E-state index in [-0.39, 0.29) is 30.7 Å². The number of amides is 4. The van der Waals surface area contributed by atoms with Crippen molar-refractivity contribution in [3.63, 3.8) is 0 Å². The van der Waals surface area contributed by atoms with Crippen LogP contribution in [0.3, 0.4) is 0 Å². The molecule has 29 heavy (non-hydrogen) atoms. The molecule has 0 atom stereocenters. The largest absolute Gasteiger partial charge is 0.395 e. The fourth-order valence-electron chi connectivity index (χ4n) is 3.90. The van der Waals surface area contributed by atoms with Gasteiger partial charge in [0.15, 0.2) is 0 Å². The third-order valence-electron chi connectivity index (χ3n) is 5.33. The molecule has 0 bridgehead atoms. The number of anilines is 3. The first-order valence-electron chi connectivity index (χ1n) is 9.70. The SMILES string of the molecule is O=C1C=C(Nc2ccc(N3CCCC3=O)cc2N2CCCC2=O)C(=O)N1CCO. The van der Waals surface area contributed by atoms with Gasteiger partial charge in [-0.05, 0) is 31.0 Å². The zero-order valence-electron chi connectivity index (χ0n) is 15.9. The van der Waals surface area contributed by atoms with Crippen molar-refractivity contribution in [1.29, 1.82) is 0 Å². The van der Waals surface area contributed by atoms with Crippen molar-refractivity contribution in [3.8, 4) is 0 Å². The zero-order chi connectivity index (χ0) is 20.5. The minimum absolute atomic E-state index is 0.0253. The van der Waals surface area contributed by atoms with E-state index in [0.717, 1.165) is 17.7 Å². The summed E-state index contributed by atoms with van der Waals surface area (Å²) in [5.74, 6) is -1.00. The van der Waals surface area contributed by atoms with Crippen molar-refractivity contribution in [2.75, 3.05) is 41.4 Å². The summed E-state index contributed by atoms with van der Waals surface area (Å²) in [5.41, 5.74) is 1.87. The van der Waals surface area contributed by atoms with E-state index in [2.05, 4.69) is 5.32 Å². The highest BCUT2D eigenvalue weighted by molar-refractivity contribution is 6.18. The van der Waals surface area contributed by atoms with Gasteiger partial charge in [0.05, 0.1) is 24.5 Å². The zero-order valence-corrected chi connectivity index (χ0v) is 15.9. The molecule has 2 saturated heterocycles. The Bertz CT molecular complexity index is 925. The summed E-state index contributed by atoms with van der Waals surface area (Å²) in [7, 11) is 0. The maximum Gasteiger partial charge on any atom is 0.277 e. The normalized spacial score (nSPS) is 19.6. The molecular formula is C20H22N4O5. The lowest BCUT2D eigenvalue weighted by Crippen LogP contribution is -2.34. The van der Waals surface area contributed by atoms with Gasteiger partial charge < -0.3 is 20.2 Å². The number of benzene rings is 1. The van der Waals surface area contributed by atoms with Crippen LogP contribution in [0.5, 0.6) is 0 Å². The van der Waals surface area contributed by atoms with E-state index in [1.807, 2.05) is 0 Å². The lowest BCUT2D eigenvalue weighted by Gasteiger charge is -2.24. The molecule has 2 fully saturated rings. The molecule has 9 heteroatoms. The Labute approximate surface area is 167 Å². The van der Waals surface area contributed by atoms with Crippen LogP contribution in [0, 0.1) is 0 Å². The molecule has 2 N–H and O–H groups in total. The van der Waals surface area contributed by atoms with Crippen LogP contribution in [0.4, 0.5) is 17.1 Å². The van der Waals surface area contributed by atoms with Crippen LogP contribution in [0.25, 0.3) is 0 Å². The molecule has 3 heterocycles. The van der Waals surface area contributed by atoms with Crippen molar-refractivity contribution < 1.29 is 24.3 Å². The Morgan fingerprint density at radius 3 is 2.28 bits per heavy atom. The Balaban J connectivity index is 1.66. The second kappa shape index (κ2) is 7.67. The minimum atomic E-state index is -0.526. The number of hydrogen-bond acceptors (Lipinski definition) is 6. The monoisotopic (exact) mass is 398 g/mol. The summed E-state index contributed by atoms with van der Waals surface area (Å²) in [6.45, 7) is 0.790. The maximum atomic E-state index is 12.5. The Kier molecular flexibility index (Phi) is 5.06. The topological polar surface area (TPSA) is 110 Å². The van der Waals surface area contributed by atoms with Crippen molar-refractivity contribution in [2.45, 2.75) is 25.7 Å². The first-order chi connectivity index (χ1) is 14.0. The van der Waals surface area contributed by atoms with Gasteiger partial charge in [0.1, 0.15) is 5.70 Å². The number of nitrogens with one attached hydrogen (secondary N) is 1. The quantitative estimate of drug-likeness (QED) is 0.679. The number of carbonyl (C=O) groups is 4. The van der Waals surface area contributed by atoms with Crippen LogP contribution >= 0.6 is 0 Å². The standard InChI is InChI=1S/C20H22N4O5/c25-10-9-24-19(28)12-15(20(24)29)21-14-6-5-13(22-7-1-3-17(22)26)11-16(14)23-8-2-4-18(23)27/h5-6,11-12,21,25H,1-4,7-10H2. The van der Waals surface area contributed by atoms with Gasteiger partial charge in [0, 0.05) is 37.7 Å². The van der Waals surface area contributed by atoms with E-state index < -0.39 is 11.8 Å². The molecule has 0 aliphatic carbocycles. The third-order valence-corrected chi connectivity index (χ3v) is 5.33. The molecule has 3 aliphatic rings. The smallest absolute Gasteiger partial charge is 0.277 e. The Hall–Kier alpha value is -3.20. The van der Waals surface area contributed by atoms with Crippen LogP contribution in [0.15, 0.2) is 30.0 Å². The van der Waals surface area contributed by atoms with Gasteiger partial charge in [-0.15, -0.1) is 0 Å². The highest BCUT2D eigenvalue weighted by Gasteiger charge is 2.32. The van der Waals surface area contributed by atoms with Crippen LogP contribution in [0.2, 0.25) is 0 Å². The summed E-state index contributed by atoms with van der Waals surface area (Å²) in [5, 5.41) is 12.0. The highest BCUT2D eigenvalue weighted by atomic mass is 16.3. The number of hydrogen-bond donors (Lipinski definition) is 2. The van der Waals surface area contributed by atoms with E-state index in [9.17, 15) is 19.2 Å². The van der Waals surface area contributed by atoms with Gasteiger partial charge in [-0.2, -0.15) is 0 Å². The van der Waals surface area contributed by atoms with Gasteiger partial charge in [-0.3, -0.25) is 24.1 Å². The maximum absolute atomic E-state index is 12.5. The second-order valence-electron chi connectivity index (χ2n) is 7.20. The van der Waals surface area contributed by atoms with Crippen molar-refractivity contribution in [2.24, 2.45) is 0 Å². The van der Waals surface area contributed by atoms with Crippen LogP contribution in [0.1, 0.15) is 25.7 Å². The molecule has 1 aromatic carbocycles. The number of rotatable bonds is 6. The number of nitrogens with zero attached hydrogens (tertiary/aromatic N) is 3. The van der Waals surface area contributed by atoms with Crippen LogP contribution in [-0.2, 0) is 19.2 Å². The van der Waals surface area contributed by atoms with Crippen molar-refractivity contribution in [3.05, 3.63) is 30.0 Å². The summed E-state index contributed by atoms with van der Waals surface area (Å²) < 4.78 is 0. The second-order valence-corrected chi connectivity index (χ2v) is 7.20. The first kappa shape index (κ1) is 19.1. The molecular weight excluding hydrogens is 376 g/mol. The van der Waals surface area contributed by atoms with Gasteiger partial charge in [-0.25, -0.2) is 0 Å². The predicted octanol–water partition coefficient (Wildman–Crippen LogP) is 0.597. The van der Waals surface area contributed by atoms with Crippen molar-refractivity contribution >= 4 is 40.7 Å². The summed E-state index contributed by atoms with van der Waals surface area (Å²) in [6, 6.07) is 5.26. The number of β-amino-alcohol motifs (C(OH)–C–C–N with tert-alkyl or cyclic N) is 1. The lowest BCUT2D eigenvalue weighted by atomic mass is 10.2. The number of carbonyl (C=O) groups excluding carboxylic acids is 4. The third kappa shape index (κ3) is 3.49.